The van der Waals surface area contributed by atoms with Gasteiger partial charge in [0.05, 0.1) is 18.6 Å². The zero-order valence-corrected chi connectivity index (χ0v) is 12.6. The Morgan fingerprint density at radius 1 is 1.50 bits per heavy atom. The smallest absolute Gasteiger partial charge is 0.343 e. The highest BCUT2D eigenvalue weighted by Crippen LogP contribution is 2.38. The molecule has 0 amide bonds. The molecule has 0 fully saturated rings. The highest BCUT2D eigenvalue weighted by atomic mass is 32.1. The number of esters is 2. The van der Waals surface area contributed by atoms with Crippen molar-refractivity contribution in [2.24, 2.45) is 0 Å². The molecule has 1 aliphatic heterocycles. The fraction of sp³-hybridized carbons (Fsp3) is 0.267. The van der Waals surface area contributed by atoms with E-state index in [1.807, 2.05) is 16.8 Å². The van der Waals surface area contributed by atoms with E-state index < -0.39 is 17.9 Å². The van der Waals surface area contributed by atoms with Gasteiger partial charge in [0.15, 0.2) is 5.75 Å². The van der Waals surface area contributed by atoms with Crippen molar-refractivity contribution in [2.75, 3.05) is 6.61 Å². The first-order chi connectivity index (χ1) is 10.6. The van der Waals surface area contributed by atoms with Crippen LogP contribution < -0.4 is 10.3 Å². The van der Waals surface area contributed by atoms with Crippen molar-refractivity contribution >= 4 is 23.3 Å². The molecule has 114 valence electrons. The van der Waals surface area contributed by atoms with Crippen molar-refractivity contribution in [1.29, 1.82) is 0 Å². The summed E-state index contributed by atoms with van der Waals surface area (Å²) in [6.07, 6.45) is 1.29. The van der Waals surface area contributed by atoms with E-state index in [0.29, 0.717) is 5.56 Å². The van der Waals surface area contributed by atoms with Gasteiger partial charge >= 0.3 is 11.9 Å². The molecule has 0 radical (unpaired) electrons. The lowest BCUT2D eigenvalue weighted by Gasteiger charge is -2.24. The first-order valence-corrected chi connectivity index (χ1v) is 7.71. The Labute approximate surface area is 129 Å². The van der Waals surface area contributed by atoms with Crippen LogP contribution in [-0.2, 0) is 9.53 Å². The van der Waals surface area contributed by atoms with E-state index in [2.05, 4.69) is 4.98 Å². The fourth-order valence-electron chi connectivity index (χ4n) is 2.50. The summed E-state index contributed by atoms with van der Waals surface area (Å²) in [6.45, 7) is 1.87. The first-order valence-electron chi connectivity index (χ1n) is 6.77. The third kappa shape index (κ3) is 2.43. The molecule has 2 aromatic rings. The van der Waals surface area contributed by atoms with Gasteiger partial charge in [0.1, 0.15) is 5.56 Å². The molecular formula is C15H13NO5S. The summed E-state index contributed by atoms with van der Waals surface area (Å²) >= 11 is 1.48. The van der Waals surface area contributed by atoms with Crippen LogP contribution in [-0.4, -0.2) is 23.5 Å². The second-order valence-corrected chi connectivity index (χ2v) is 5.56. The average Bonchev–Trinajstić information content (AvgIpc) is 3.00. The van der Waals surface area contributed by atoms with Crippen LogP contribution in [0.3, 0.4) is 0 Å². The van der Waals surface area contributed by atoms with E-state index in [9.17, 15) is 14.4 Å². The van der Waals surface area contributed by atoms with E-state index in [-0.39, 0.29) is 29.9 Å². The van der Waals surface area contributed by atoms with Gasteiger partial charge in [-0.1, -0.05) is 0 Å². The Bertz CT molecular complexity index is 778. The SMILES string of the molecule is CCOC(=O)c1c[nH]c(=O)c2c1OC(=O)C[C@H]2c1ccsc1. The molecule has 0 spiro atoms. The Morgan fingerprint density at radius 3 is 3.00 bits per heavy atom. The zero-order chi connectivity index (χ0) is 15.7. The minimum absolute atomic E-state index is 0.00894. The van der Waals surface area contributed by atoms with Gasteiger partial charge in [-0.25, -0.2) is 4.79 Å². The van der Waals surface area contributed by atoms with Crippen LogP contribution in [0.5, 0.6) is 5.75 Å². The standard InChI is InChI=1S/C15H13NO5S/c1-2-20-15(19)10-6-16-14(18)12-9(8-3-4-22-7-8)5-11(17)21-13(10)12/h3-4,6-7,9H,2,5H2,1H3,(H,16,18)/t9-/m0/s1. The van der Waals surface area contributed by atoms with Crippen LogP contribution in [0, 0.1) is 0 Å². The van der Waals surface area contributed by atoms with Gasteiger partial charge in [0.25, 0.3) is 5.56 Å². The van der Waals surface area contributed by atoms with Crippen molar-refractivity contribution in [1.82, 2.24) is 4.98 Å². The molecule has 0 saturated carbocycles. The number of carbonyl (C=O) groups is 2. The van der Waals surface area contributed by atoms with Crippen molar-refractivity contribution in [3.05, 3.63) is 50.1 Å². The van der Waals surface area contributed by atoms with E-state index in [1.54, 1.807) is 6.92 Å². The van der Waals surface area contributed by atoms with Gasteiger partial charge in [0.2, 0.25) is 0 Å². The van der Waals surface area contributed by atoms with Crippen molar-refractivity contribution in [3.8, 4) is 5.75 Å². The number of hydrogen-bond donors (Lipinski definition) is 1. The molecule has 1 atom stereocenters. The van der Waals surface area contributed by atoms with E-state index in [0.717, 1.165) is 5.56 Å². The maximum absolute atomic E-state index is 12.2. The number of H-pyrrole nitrogens is 1. The maximum atomic E-state index is 12.2. The summed E-state index contributed by atoms with van der Waals surface area (Å²) in [4.78, 5) is 38.6. The summed E-state index contributed by atoms with van der Waals surface area (Å²) < 4.78 is 10.1. The van der Waals surface area contributed by atoms with Gasteiger partial charge in [-0.05, 0) is 29.3 Å². The molecule has 3 rings (SSSR count). The molecule has 0 bridgehead atoms. The van der Waals surface area contributed by atoms with Crippen molar-refractivity contribution in [3.63, 3.8) is 0 Å². The molecule has 1 aliphatic rings. The number of pyridine rings is 1. The van der Waals surface area contributed by atoms with Gasteiger partial charge < -0.3 is 14.5 Å². The summed E-state index contributed by atoms with van der Waals surface area (Å²) in [5.41, 5.74) is 0.842. The summed E-state index contributed by atoms with van der Waals surface area (Å²) in [5.74, 6) is -1.51. The lowest BCUT2D eigenvalue weighted by atomic mass is 9.88. The largest absolute Gasteiger partial charge is 0.462 e. The van der Waals surface area contributed by atoms with Crippen LogP contribution in [0.25, 0.3) is 0 Å². The third-order valence-corrected chi connectivity index (χ3v) is 4.16. The van der Waals surface area contributed by atoms with Gasteiger partial charge in [-0.2, -0.15) is 11.3 Å². The van der Waals surface area contributed by atoms with Crippen molar-refractivity contribution in [2.45, 2.75) is 19.3 Å². The van der Waals surface area contributed by atoms with Gasteiger partial charge in [-0.3, -0.25) is 9.59 Å². The zero-order valence-electron chi connectivity index (χ0n) is 11.8. The van der Waals surface area contributed by atoms with Crippen LogP contribution in [0.1, 0.15) is 40.7 Å². The van der Waals surface area contributed by atoms with Gasteiger partial charge in [-0.15, -0.1) is 0 Å². The number of thiophene rings is 1. The summed E-state index contributed by atoms with van der Waals surface area (Å²) in [7, 11) is 0. The molecule has 22 heavy (non-hydrogen) atoms. The van der Waals surface area contributed by atoms with Crippen LogP contribution in [0.15, 0.2) is 27.8 Å². The first kappa shape index (κ1) is 14.5. The van der Waals surface area contributed by atoms with Crippen LogP contribution >= 0.6 is 11.3 Å². The Hall–Kier alpha value is -2.41. The fourth-order valence-corrected chi connectivity index (χ4v) is 3.21. The van der Waals surface area contributed by atoms with E-state index in [1.165, 1.54) is 17.5 Å². The molecule has 1 N–H and O–H groups in total. The van der Waals surface area contributed by atoms with Crippen LogP contribution in [0.2, 0.25) is 0 Å². The number of fused-ring (bicyclic) bond motifs is 1. The van der Waals surface area contributed by atoms with Crippen molar-refractivity contribution < 1.29 is 19.1 Å². The second-order valence-electron chi connectivity index (χ2n) is 4.78. The number of hydrogen-bond acceptors (Lipinski definition) is 6. The Morgan fingerprint density at radius 2 is 2.32 bits per heavy atom. The molecule has 0 aliphatic carbocycles. The summed E-state index contributed by atoms with van der Waals surface area (Å²) in [6, 6.07) is 1.86. The lowest BCUT2D eigenvalue weighted by Crippen LogP contribution is -2.29. The monoisotopic (exact) mass is 319 g/mol. The Balaban J connectivity index is 2.18. The highest BCUT2D eigenvalue weighted by Gasteiger charge is 2.34. The molecule has 0 aromatic carbocycles. The third-order valence-electron chi connectivity index (χ3n) is 3.46. The number of nitrogens with one attached hydrogen (secondary N) is 1. The topological polar surface area (TPSA) is 85.5 Å². The number of rotatable bonds is 3. The molecule has 0 saturated heterocycles. The number of aromatic nitrogens is 1. The normalized spacial score (nSPS) is 16.8. The number of ether oxygens (including phenoxy) is 2. The number of aromatic amines is 1. The predicted octanol–water partition coefficient (Wildman–Crippen LogP) is 2.05. The molecule has 7 heteroatoms. The molecule has 2 aromatic heterocycles. The second kappa shape index (κ2) is 5.76. The predicted molar refractivity (Wildman–Crippen MR) is 79.4 cm³/mol. The quantitative estimate of drug-likeness (QED) is 0.875. The molecule has 6 nitrogen and oxygen atoms in total. The van der Waals surface area contributed by atoms with Crippen LogP contribution in [0.4, 0.5) is 0 Å². The molecule has 0 unspecified atom stereocenters. The Kier molecular flexibility index (Phi) is 3.81. The lowest BCUT2D eigenvalue weighted by molar-refractivity contribution is -0.135. The van der Waals surface area contributed by atoms with Gasteiger partial charge in [0, 0.05) is 12.1 Å². The van der Waals surface area contributed by atoms with E-state index >= 15 is 0 Å². The molecular weight excluding hydrogens is 306 g/mol. The maximum Gasteiger partial charge on any atom is 0.343 e. The highest BCUT2D eigenvalue weighted by molar-refractivity contribution is 7.08. The average molecular weight is 319 g/mol. The molecule has 3 heterocycles. The minimum Gasteiger partial charge on any atom is -0.462 e. The van der Waals surface area contributed by atoms with E-state index in [4.69, 9.17) is 9.47 Å². The minimum atomic E-state index is -0.631. The summed E-state index contributed by atoms with van der Waals surface area (Å²) in [5, 5.41) is 3.75. The number of carbonyl (C=O) groups excluding carboxylic acids is 2.